The molecule has 0 atom stereocenters. The van der Waals surface area contributed by atoms with Crippen LogP contribution < -0.4 is 10.6 Å². The first kappa shape index (κ1) is 25.6. The van der Waals surface area contributed by atoms with Crippen molar-refractivity contribution in [1.82, 2.24) is 10.6 Å². The lowest BCUT2D eigenvalue weighted by atomic mass is 10.0. The van der Waals surface area contributed by atoms with E-state index in [4.69, 9.17) is 9.47 Å². The molecule has 1 aromatic carbocycles. The number of hydrogen-bond donors (Lipinski definition) is 2. The van der Waals surface area contributed by atoms with Crippen LogP contribution in [-0.4, -0.2) is 38.1 Å². The third-order valence-corrected chi connectivity index (χ3v) is 4.79. The number of unbranched alkanes of at least 4 members (excludes halogenated alkanes) is 2. The molecule has 0 fully saturated rings. The van der Waals surface area contributed by atoms with Gasteiger partial charge in [0.2, 0.25) is 11.8 Å². The zero-order valence-corrected chi connectivity index (χ0v) is 18.6. The van der Waals surface area contributed by atoms with Gasteiger partial charge in [0.25, 0.3) is 0 Å². The van der Waals surface area contributed by atoms with Crippen LogP contribution in [0.25, 0.3) is 0 Å². The van der Waals surface area contributed by atoms with Crippen molar-refractivity contribution in [3.63, 3.8) is 0 Å². The molecule has 30 heavy (non-hydrogen) atoms. The van der Waals surface area contributed by atoms with Gasteiger partial charge in [-0.05, 0) is 75.3 Å². The van der Waals surface area contributed by atoms with E-state index >= 15 is 0 Å². The Kier molecular flexibility index (Phi) is 12.4. The third-order valence-electron chi connectivity index (χ3n) is 4.79. The summed E-state index contributed by atoms with van der Waals surface area (Å²) in [5.41, 5.74) is 4.62. The largest absolute Gasteiger partial charge is 0.353 e. The second-order valence-corrected chi connectivity index (χ2v) is 7.27. The fraction of sp³-hybridized carbons (Fsp3) is 0.500. The molecular formula is C24H36N2O4. The van der Waals surface area contributed by atoms with Crippen LogP contribution in [-0.2, 0) is 19.1 Å². The molecule has 0 saturated heterocycles. The number of ether oxygens (including phenoxy) is 2. The van der Waals surface area contributed by atoms with Gasteiger partial charge < -0.3 is 20.1 Å². The van der Waals surface area contributed by atoms with Crippen LogP contribution in [0.5, 0.6) is 0 Å². The standard InChI is InChI=1S/C24H36N2O4/c1-6-22(27)25-12-8-10-14-29-24(21-17-19(4)18(3)16-20(21)5)30-15-11-9-13-26-23(28)7-2/h6-7,16-17,24H,1-2,8-15H2,3-5H3,(H,25,27)(H,26,28). The van der Waals surface area contributed by atoms with Gasteiger partial charge in [0, 0.05) is 18.7 Å². The average molecular weight is 417 g/mol. The van der Waals surface area contributed by atoms with Gasteiger partial charge in [0.05, 0.1) is 13.2 Å². The van der Waals surface area contributed by atoms with E-state index in [9.17, 15) is 9.59 Å². The van der Waals surface area contributed by atoms with E-state index in [2.05, 4.69) is 56.7 Å². The van der Waals surface area contributed by atoms with Gasteiger partial charge in [0.1, 0.15) is 0 Å². The Hall–Kier alpha value is -2.44. The molecule has 1 rings (SSSR count). The van der Waals surface area contributed by atoms with E-state index < -0.39 is 6.29 Å². The predicted octanol–water partition coefficient (Wildman–Crippen LogP) is 3.81. The minimum Gasteiger partial charge on any atom is -0.353 e. The third kappa shape index (κ3) is 9.85. The van der Waals surface area contributed by atoms with Gasteiger partial charge >= 0.3 is 0 Å². The zero-order valence-electron chi connectivity index (χ0n) is 18.6. The smallest absolute Gasteiger partial charge is 0.243 e. The Balaban J connectivity index is 2.54. The van der Waals surface area contributed by atoms with Crippen LogP contribution in [0.4, 0.5) is 0 Å². The summed E-state index contributed by atoms with van der Waals surface area (Å²) >= 11 is 0. The van der Waals surface area contributed by atoms with Gasteiger partial charge in [-0.3, -0.25) is 9.59 Å². The maximum atomic E-state index is 11.2. The fourth-order valence-electron chi connectivity index (χ4n) is 2.87. The van der Waals surface area contributed by atoms with Crippen molar-refractivity contribution in [2.75, 3.05) is 26.3 Å². The Morgan fingerprint density at radius 2 is 1.30 bits per heavy atom. The lowest BCUT2D eigenvalue weighted by Gasteiger charge is -2.22. The highest BCUT2D eigenvalue weighted by molar-refractivity contribution is 5.87. The fourth-order valence-corrected chi connectivity index (χ4v) is 2.87. The van der Waals surface area contributed by atoms with Gasteiger partial charge in [-0.15, -0.1) is 0 Å². The topological polar surface area (TPSA) is 76.7 Å². The van der Waals surface area contributed by atoms with Crippen molar-refractivity contribution in [2.24, 2.45) is 0 Å². The molecule has 0 saturated carbocycles. The summed E-state index contributed by atoms with van der Waals surface area (Å²) < 4.78 is 12.1. The van der Waals surface area contributed by atoms with Gasteiger partial charge in [0.15, 0.2) is 6.29 Å². The van der Waals surface area contributed by atoms with Crippen LogP contribution in [0.1, 0.15) is 54.2 Å². The molecule has 2 N–H and O–H groups in total. The van der Waals surface area contributed by atoms with E-state index in [-0.39, 0.29) is 11.8 Å². The molecular weight excluding hydrogens is 380 g/mol. The number of aryl methyl sites for hydroxylation is 3. The van der Waals surface area contributed by atoms with Gasteiger partial charge in [-0.1, -0.05) is 25.3 Å². The number of amides is 2. The highest BCUT2D eigenvalue weighted by Gasteiger charge is 2.16. The van der Waals surface area contributed by atoms with Crippen molar-refractivity contribution in [2.45, 2.75) is 52.7 Å². The molecule has 0 aliphatic heterocycles. The summed E-state index contributed by atoms with van der Waals surface area (Å²) in [6.45, 7) is 15.4. The Morgan fingerprint density at radius 3 is 1.77 bits per heavy atom. The first-order valence-corrected chi connectivity index (χ1v) is 10.5. The van der Waals surface area contributed by atoms with Crippen molar-refractivity contribution >= 4 is 11.8 Å². The first-order chi connectivity index (χ1) is 14.4. The second-order valence-electron chi connectivity index (χ2n) is 7.27. The Labute approximate surface area is 180 Å². The maximum Gasteiger partial charge on any atom is 0.243 e. The lowest BCUT2D eigenvalue weighted by molar-refractivity contribution is -0.148. The summed E-state index contributed by atoms with van der Waals surface area (Å²) in [5.74, 6) is -0.320. The van der Waals surface area contributed by atoms with Crippen LogP contribution in [0.3, 0.4) is 0 Å². The average Bonchev–Trinajstić information content (AvgIpc) is 2.73. The van der Waals surface area contributed by atoms with E-state index in [1.165, 1.54) is 23.3 Å². The van der Waals surface area contributed by atoms with Crippen LogP contribution in [0, 0.1) is 20.8 Å². The van der Waals surface area contributed by atoms with Crippen molar-refractivity contribution < 1.29 is 19.1 Å². The normalized spacial score (nSPS) is 10.7. The Bertz CT molecular complexity index is 683. The minimum atomic E-state index is -0.435. The lowest BCUT2D eigenvalue weighted by Crippen LogP contribution is -2.22. The molecule has 0 aliphatic rings. The van der Waals surface area contributed by atoms with Crippen LogP contribution in [0.15, 0.2) is 37.4 Å². The predicted molar refractivity (Wildman–Crippen MR) is 120 cm³/mol. The number of carbonyl (C=O) groups excluding carboxylic acids is 2. The molecule has 6 heteroatoms. The summed E-state index contributed by atoms with van der Waals surface area (Å²) in [6, 6.07) is 4.28. The van der Waals surface area contributed by atoms with E-state index in [1.807, 2.05) is 0 Å². The quantitative estimate of drug-likeness (QED) is 0.259. The number of carbonyl (C=O) groups is 2. The van der Waals surface area contributed by atoms with Gasteiger partial charge in [-0.25, -0.2) is 0 Å². The highest BCUT2D eigenvalue weighted by atomic mass is 16.7. The second kappa shape index (κ2) is 14.5. The molecule has 0 heterocycles. The summed E-state index contributed by atoms with van der Waals surface area (Å²) in [5, 5.41) is 5.52. The van der Waals surface area contributed by atoms with Crippen molar-refractivity contribution in [1.29, 1.82) is 0 Å². The van der Waals surface area contributed by atoms with Gasteiger partial charge in [-0.2, -0.15) is 0 Å². The molecule has 2 amide bonds. The maximum absolute atomic E-state index is 11.2. The van der Waals surface area contributed by atoms with Crippen LogP contribution in [0.2, 0.25) is 0 Å². The monoisotopic (exact) mass is 416 g/mol. The molecule has 0 spiro atoms. The minimum absolute atomic E-state index is 0.160. The zero-order chi connectivity index (χ0) is 22.4. The summed E-state index contributed by atoms with van der Waals surface area (Å²) in [4.78, 5) is 22.3. The van der Waals surface area contributed by atoms with Crippen molar-refractivity contribution in [3.8, 4) is 0 Å². The Morgan fingerprint density at radius 1 is 0.833 bits per heavy atom. The SMILES string of the molecule is C=CC(=O)NCCCCOC(OCCCCNC(=O)C=C)c1cc(C)c(C)cc1C. The van der Waals surface area contributed by atoms with Crippen molar-refractivity contribution in [3.05, 3.63) is 59.7 Å². The molecule has 0 aliphatic carbocycles. The summed E-state index contributed by atoms with van der Waals surface area (Å²) in [6.07, 6.45) is 5.37. The van der Waals surface area contributed by atoms with E-state index in [0.29, 0.717) is 26.3 Å². The van der Waals surface area contributed by atoms with Crippen LogP contribution >= 0.6 is 0 Å². The number of rotatable bonds is 15. The molecule has 1 aromatic rings. The molecule has 6 nitrogen and oxygen atoms in total. The number of benzene rings is 1. The highest BCUT2D eigenvalue weighted by Crippen LogP contribution is 2.26. The van der Waals surface area contributed by atoms with E-state index in [1.54, 1.807) is 0 Å². The van der Waals surface area contributed by atoms with E-state index in [0.717, 1.165) is 36.8 Å². The number of hydrogen-bond acceptors (Lipinski definition) is 4. The summed E-state index contributed by atoms with van der Waals surface area (Å²) in [7, 11) is 0. The molecule has 0 unspecified atom stereocenters. The first-order valence-electron chi connectivity index (χ1n) is 10.5. The molecule has 166 valence electrons. The molecule has 0 bridgehead atoms. The molecule has 0 radical (unpaired) electrons. The number of nitrogens with one attached hydrogen (secondary N) is 2. The molecule has 0 aromatic heterocycles.